The summed E-state index contributed by atoms with van der Waals surface area (Å²) >= 11 is 3.35. The van der Waals surface area contributed by atoms with E-state index < -0.39 is 11.6 Å². The average molecular weight is 326 g/mol. The van der Waals surface area contributed by atoms with E-state index >= 15 is 0 Å². The van der Waals surface area contributed by atoms with Gasteiger partial charge in [-0.3, -0.25) is 0 Å². The van der Waals surface area contributed by atoms with Crippen LogP contribution in [0.1, 0.15) is 22.7 Å². The highest BCUT2D eigenvalue weighted by atomic mass is 79.9. The van der Waals surface area contributed by atoms with Crippen LogP contribution in [0.4, 0.5) is 8.78 Å². The van der Waals surface area contributed by atoms with Gasteiger partial charge < -0.3 is 5.32 Å². The number of aryl methyl sites for hydroxylation is 1. The molecule has 0 radical (unpaired) electrons. The molecule has 1 atom stereocenters. The van der Waals surface area contributed by atoms with Gasteiger partial charge in [0.1, 0.15) is 0 Å². The first kappa shape index (κ1) is 14.2. The molecule has 0 aliphatic carbocycles. The van der Waals surface area contributed by atoms with Gasteiger partial charge in [0, 0.05) is 10.0 Å². The molecule has 2 aromatic rings. The van der Waals surface area contributed by atoms with Crippen molar-refractivity contribution in [1.82, 2.24) is 5.32 Å². The number of halogens is 3. The van der Waals surface area contributed by atoms with E-state index in [2.05, 4.69) is 21.2 Å². The van der Waals surface area contributed by atoms with E-state index in [4.69, 9.17) is 0 Å². The topological polar surface area (TPSA) is 12.0 Å². The van der Waals surface area contributed by atoms with Crippen molar-refractivity contribution < 1.29 is 8.78 Å². The number of benzene rings is 2. The van der Waals surface area contributed by atoms with Gasteiger partial charge in [-0.15, -0.1) is 0 Å². The second-order valence-corrected chi connectivity index (χ2v) is 5.29. The molecular weight excluding hydrogens is 312 g/mol. The Bertz CT molecular complexity index is 581. The van der Waals surface area contributed by atoms with Gasteiger partial charge in [0.2, 0.25) is 0 Å². The average Bonchev–Trinajstić information content (AvgIpc) is 2.41. The molecule has 0 spiro atoms. The van der Waals surface area contributed by atoms with Gasteiger partial charge in [0.25, 0.3) is 0 Å². The van der Waals surface area contributed by atoms with Gasteiger partial charge in [-0.1, -0.05) is 40.2 Å². The molecule has 0 aliphatic heterocycles. The van der Waals surface area contributed by atoms with Crippen molar-refractivity contribution in [2.24, 2.45) is 0 Å². The largest absolute Gasteiger partial charge is 0.309 e. The van der Waals surface area contributed by atoms with Crippen LogP contribution in [0.2, 0.25) is 0 Å². The Kier molecular flexibility index (Phi) is 4.32. The lowest BCUT2D eigenvalue weighted by molar-refractivity contribution is 0.482. The molecule has 4 heteroatoms. The summed E-state index contributed by atoms with van der Waals surface area (Å²) in [6.45, 7) is 1.55. The fourth-order valence-corrected chi connectivity index (χ4v) is 2.31. The molecule has 1 nitrogen and oxygen atoms in total. The summed E-state index contributed by atoms with van der Waals surface area (Å²) in [6.07, 6.45) is 0. The Labute approximate surface area is 119 Å². The summed E-state index contributed by atoms with van der Waals surface area (Å²) in [5.74, 6) is -1.57. The zero-order valence-corrected chi connectivity index (χ0v) is 12.3. The van der Waals surface area contributed by atoms with Crippen molar-refractivity contribution in [2.45, 2.75) is 13.0 Å². The molecule has 0 amide bonds. The first-order valence-corrected chi connectivity index (χ1v) is 6.71. The quantitative estimate of drug-likeness (QED) is 0.884. The summed E-state index contributed by atoms with van der Waals surface area (Å²) in [7, 11) is 1.73. The van der Waals surface area contributed by atoms with Gasteiger partial charge in [-0.2, -0.15) is 0 Å². The highest BCUT2D eigenvalue weighted by molar-refractivity contribution is 9.10. The van der Waals surface area contributed by atoms with Crippen molar-refractivity contribution in [3.05, 3.63) is 69.2 Å². The Morgan fingerprint density at radius 3 is 2.21 bits per heavy atom. The van der Waals surface area contributed by atoms with E-state index in [1.54, 1.807) is 26.1 Å². The molecule has 0 saturated heterocycles. The van der Waals surface area contributed by atoms with Crippen LogP contribution < -0.4 is 5.32 Å². The second kappa shape index (κ2) is 5.80. The van der Waals surface area contributed by atoms with Crippen molar-refractivity contribution in [1.29, 1.82) is 0 Å². The number of nitrogens with one attached hydrogen (secondary N) is 1. The van der Waals surface area contributed by atoms with E-state index in [1.807, 2.05) is 24.3 Å². The minimum atomic E-state index is -0.790. The van der Waals surface area contributed by atoms with Crippen molar-refractivity contribution in [3.8, 4) is 0 Å². The van der Waals surface area contributed by atoms with Gasteiger partial charge in [-0.05, 0) is 37.2 Å². The SMILES string of the molecule is CNC(c1ccc(Br)cc1)c1ccc(C)c(F)c1F. The van der Waals surface area contributed by atoms with Gasteiger partial charge in [0.15, 0.2) is 11.6 Å². The predicted octanol–water partition coefficient (Wildman–Crippen LogP) is 4.34. The van der Waals surface area contributed by atoms with Crippen molar-refractivity contribution in [3.63, 3.8) is 0 Å². The van der Waals surface area contributed by atoms with E-state index in [0.29, 0.717) is 11.1 Å². The van der Waals surface area contributed by atoms with Crippen LogP contribution in [0.25, 0.3) is 0 Å². The Hall–Kier alpha value is -1.26. The maximum absolute atomic E-state index is 14.0. The lowest BCUT2D eigenvalue weighted by atomic mass is 9.97. The third kappa shape index (κ3) is 2.85. The number of rotatable bonds is 3. The summed E-state index contributed by atoms with van der Waals surface area (Å²) in [4.78, 5) is 0. The maximum Gasteiger partial charge on any atom is 0.164 e. The summed E-state index contributed by atoms with van der Waals surface area (Å²) in [6, 6.07) is 10.4. The van der Waals surface area contributed by atoms with Crippen LogP contribution in [0, 0.1) is 18.6 Å². The molecule has 0 fully saturated rings. The number of hydrogen-bond donors (Lipinski definition) is 1. The number of hydrogen-bond acceptors (Lipinski definition) is 1. The van der Waals surface area contributed by atoms with Gasteiger partial charge >= 0.3 is 0 Å². The third-order valence-electron chi connectivity index (χ3n) is 3.11. The minimum Gasteiger partial charge on any atom is -0.309 e. The molecule has 0 heterocycles. The molecule has 2 rings (SSSR count). The lowest BCUT2D eigenvalue weighted by Gasteiger charge is -2.18. The lowest BCUT2D eigenvalue weighted by Crippen LogP contribution is -2.19. The fraction of sp³-hybridized carbons (Fsp3) is 0.200. The first-order chi connectivity index (χ1) is 9.04. The Morgan fingerprint density at radius 1 is 1.00 bits per heavy atom. The van der Waals surface area contributed by atoms with E-state index in [-0.39, 0.29) is 6.04 Å². The monoisotopic (exact) mass is 325 g/mol. The van der Waals surface area contributed by atoms with E-state index in [9.17, 15) is 8.78 Å². The maximum atomic E-state index is 14.0. The van der Waals surface area contributed by atoms with Crippen LogP contribution in [0.3, 0.4) is 0 Å². The molecule has 2 aromatic carbocycles. The molecule has 19 heavy (non-hydrogen) atoms. The highest BCUT2D eigenvalue weighted by Gasteiger charge is 2.19. The predicted molar refractivity (Wildman–Crippen MR) is 76.1 cm³/mol. The molecular formula is C15H14BrF2N. The van der Waals surface area contributed by atoms with E-state index in [0.717, 1.165) is 10.0 Å². The third-order valence-corrected chi connectivity index (χ3v) is 3.64. The Morgan fingerprint density at radius 2 is 1.63 bits per heavy atom. The fourth-order valence-electron chi connectivity index (χ4n) is 2.04. The van der Waals surface area contributed by atoms with Gasteiger partial charge in [-0.25, -0.2) is 8.78 Å². The zero-order chi connectivity index (χ0) is 14.0. The van der Waals surface area contributed by atoms with Crippen molar-refractivity contribution >= 4 is 15.9 Å². The molecule has 1 N–H and O–H groups in total. The zero-order valence-electron chi connectivity index (χ0n) is 10.7. The smallest absolute Gasteiger partial charge is 0.164 e. The summed E-state index contributed by atoms with van der Waals surface area (Å²) in [5, 5.41) is 3.02. The van der Waals surface area contributed by atoms with Crippen LogP contribution in [0.5, 0.6) is 0 Å². The standard InChI is InChI=1S/C15H14BrF2N/c1-9-3-8-12(14(18)13(9)17)15(19-2)10-4-6-11(16)7-5-10/h3-8,15,19H,1-2H3. The van der Waals surface area contributed by atoms with Crippen LogP contribution >= 0.6 is 15.9 Å². The van der Waals surface area contributed by atoms with Gasteiger partial charge in [0.05, 0.1) is 6.04 Å². The molecule has 0 bridgehead atoms. The minimum absolute atomic E-state index is 0.312. The molecule has 0 aliphatic rings. The molecule has 100 valence electrons. The normalized spacial score (nSPS) is 12.5. The van der Waals surface area contributed by atoms with Crippen molar-refractivity contribution in [2.75, 3.05) is 7.05 Å². The van der Waals surface area contributed by atoms with Crippen LogP contribution in [-0.2, 0) is 0 Å². The molecule has 0 saturated carbocycles. The highest BCUT2D eigenvalue weighted by Crippen LogP contribution is 2.27. The summed E-state index contributed by atoms with van der Waals surface area (Å²) < 4.78 is 28.6. The first-order valence-electron chi connectivity index (χ1n) is 5.92. The molecule has 1 unspecified atom stereocenters. The van der Waals surface area contributed by atoms with E-state index in [1.165, 1.54) is 0 Å². The van der Waals surface area contributed by atoms with Crippen LogP contribution in [-0.4, -0.2) is 7.05 Å². The summed E-state index contributed by atoms with van der Waals surface area (Å²) in [5.41, 5.74) is 1.51. The molecule has 0 aromatic heterocycles. The Balaban J connectivity index is 2.48. The second-order valence-electron chi connectivity index (χ2n) is 4.37. The van der Waals surface area contributed by atoms with Crippen LogP contribution in [0.15, 0.2) is 40.9 Å².